The van der Waals surface area contributed by atoms with Crippen molar-refractivity contribution in [3.8, 4) is 0 Å². The van der Waals surface area contributed by atoms with E-state index >= 15 is 0 Å². The molecule has 0 saturated carbocycles. The molecule has 1 unspecified atom stereocenters. The van der Waals surface area contributed by atoms with Crippen LogP contribution in [0, 0.1) is 0 Å². The van der Waals surface area contributed by atoms with Gasteiger partial charge < -0.3 is 9.16 Å². The van der Waals surface area contributed by atoms with E-state index in [0.717, 1.165) is 13.2 Å². The largest absolute Gasteiger partial charge is 0.415 e. The second kappa shape index (κ2) is 4.39. The number of unbranched alkanes of at least 4 members (excludes halogenated alkanes) is 1. The highest BCUT2D eigenvalue weighted by atomic mass is 28.4. The Balaban J connectivity index is 2.07. The van der Waals surface area contributed by atoms with Crippen molar-refractivity contribution >= 4 is 8.32 Å². The van der Waals surface area contributed by atoms with Crippen LogP contribution in [0.2, 0.25) is 19.1 Å². The molecule has 0 N–H and O–H groups in total. The van der Waals surface area contributed by atoms with Gasteiger partial charge in [0.1, 0.15) is 6.10 Å². The molecule has 2 nitrogen and oxygen atoms in total. The fourth-order valence-electron chi connectivity index (χ4n) is 1.16. The highest BCUT2D eigenvalue weighted by Crippen LogP contribution is 2.18. The van der Waals surface area contributed by atoms with Gasteiger partial charge in [-0.25, -0.2) is 0 Å². The molecule has 1 aliphatic heterocycles. The van der Waals surface area contributed by atoms with E-state index in [4.69, 9.17) is 9.16 Å². The van der Waals surface area contributed by atoms with Crippen molar-refractivity contribution in [2.24, 2.45) is 0 Å². The highest BCUT2D eigenvalue weighted by molar-refractivity contribution is 6.71. The van der Waals surface area contributed by atoms with E-state index in [2.05, 4.69) is 20.0 Å². The van der Waals surface area contributed by atoms with Crippen LogP contribution in [0.3, 0.4) is 0 Å². The Kier molecular flexibility index (Phi) is 3.74. The second-order valence-electron chi connectivity index (χ2n) is 4.13. The quantitative estimate of drug-likeness (QED) is 0.471. The van der Waals surface area contributed by atoms with Crippen LogP contribution in [-0.2, 0) is 9.16 Å². The Morgan fingerprint density at radius 1 is 1.50 bits per heavy atom. The van der Waals surface area contributed by atoms with Crippen molar-refractivity contribution in [1.29, 1.82) is 0 Å². The second-order valence-corrected chi connectivity index (χ2v) is 8.44. The van der Waals surface area contributed by atoms with E-state index in [1.165, 1.54) is 18.9 Å². The highest BCUT2D eigenvalue weighted by Gasteiger charge is 2.28. The molecule has 1 atom stereocenters. The van der Waals surface area contributed by atoms with Gasteiger partial charge in [0.2, 0.25) is 0 Å². The number of rotatable bonds is 6. The minimum atomic E-state index is -1.33. The van der Waals surface area contributed by atoms with Crippen molar-refractivity contribution in [1.82, 2.24) is 0 Å². The van der Waals surface area contributed by atoms with Crippen LogP contribution in [0.25, 0.3) is 0 Å². The van der Waals surface area contributed by atoms with Gasteiger partial charge in [-0.15, -0.1) is 0 Å². The zero-order chi connectivity index (χ0) is 9.03. The summed E-state index contributed by atoms with van der Waals surface area (Å²) in [5.74, 6) is 0. The maximum Gasteiger partial charge on any atom is 0.186 e. The van der Waals surface area contributed by atoms with E-state index in [-0.39, 0.29) is 0 Å². The number of ether oxygens (including phenoxy) is 1. The van der Waals surface area contributed by atoms with Crippen molar-refractivity contribution in [3.05, 3.63) is 0 Å². The maximum atomic E-state index is 5.87. The molecule has 0 aromatic carbocycles. The average Bonchev–Trinajstić information content (AvgIpc) is 2.81. The lowest BCUT2D eigenvalue weighted by Gasteiger charge is -2.21. The molecule has 0 amide bonds. The average molecular weight is 188 g/mol. The fraction of sp³-hybridized carbons (Fsp3) is 1.00. The molecule has 1 rings (SSSR count). The van der Waals surface area contributed by atoms with E-state index in [1.54, 1.807) is 0 Å². The van der Waals surface area contributed by atoms with E-state index < -0.39 is 8.32 Å². The Labute approximate surface area is 76.4 Å². The van der Waals surface area contributed by atoms with Crippen LogP contribution in [0.15, 0.2) is 0 Å². The number of epoxide rings is 1. The smallest absolute Gasteiger partial charge is 0.186 e. The fourth-order valence-corrected chi connectivity index (χ4v) is 3.14. The predicted molar refractivity (Wildman–Crippen MR) is 52.9 cm³/mol. The monoisotopic (exact) mass is 188 g/mol. The van der Waals surface area contributed by atoms with Gasteiger partial charge in [-0.2, -0.15) is 0 Å². The zero-order valence-corrected chi connectivity index (χ0v) is 9.43. The van der Waals surface area contributed by atoms with Gasteiger partial charge in [0.25, 0.3) is 0 Å². The molecular weight excluding hydrogens is 168 g/mol. The van der Waals surface area contributed by atoms with Gasteiger partial charge in [-0.05, 0) is 19.1 Å². The molecule has 0 bridgehead atoms. The summed E-state index contributed by atoms with van der Waals surface area (Å²) in [6, 6.07) is 1.29. The predicted octanol–water partition coefficient (Wildman–Crippen LogP) is 2.41. The molecule has 0 spiro atoms. The molecule has 1 aliphatic rings. The molecule has 0 radical (unpaired) electrons. The normalized spacial score (nSPS) is 22.8. The molecule has 1 saturated heterocycles. The van der Waals surface area contributed by atoms with Gasteiger partial charge in [0.15, 0.2) is 8.32 Å². The van der Waals surface area contributed by atoms with Crippen LogP contribution < -0.4 is 0 Å². The van der Waals surface area contributed by atoms with Crippen LogP contribution in [-0.4, -0.2) is 27.6 Å². The number of hydrogen-bond acceptors (Lipinski definition) is 2. The van der Waals surface area contributed by atoms with Crippen molar-refractivity contribution in [2.75, 3.05) is 13.2 Å². The van der Waals surface area contributed by atoms with Crippen LogP contribution in [0.4, 0.5) is 0 Å². The summed E-state index contributed by atoms with van der Waals surface area (Å²) in [7, 11) is -1.33. The molecule has 0 aromatic rings. The van der Waals surface area contributed by atoms with Crippen LogP contribution in [0.1, 0.15) is 19.8 Å². The lowest BCUT2D eigenvalue weighted by molar-refractivity contribution is 0.254. The molecule has 72 valence electrons. The third-order valence-corrected chi connectivity index (χ3v) is 4.70. The molecule has 1 fully saturated rings. The molecule has 1 heterocycles. The molecule has 12 heavy (non-hydrogen) atoms. The SMILES string of the molecule is CCCC[Si](C)(C)OCC1CO1. The summed E-state index contributed by atoms with van der Waals surface area (Å²) in [5.41, 5.74) is 0. The first-order chi connectivity index (χ1) is 5.64. The third kappa shape index (κ3) is 4.23. The summed E-state index contributed by atoms with van der Waals surface area (Å²) >= 11 is 0. The molecular formula is C9H20O2Si. The zero-order valence-electron chi connectivity index (χ0n) is 8.43. The molecule has 0 aliphatic carbocycles. The van der Waals surface area contributed by atoms with Gasteiger partial charge in [0.05, 0.1) is 13.2 Å². The molecule has 0 aromatic heterocycles. The van der Waals surface area contributed by atoms with Crippen LogP contribution >= 0.6 is 0 Å². The summed E-state index contributed by atoms with van der Waals surface area (Å²) < 4.78 is 11.0. The topological polar surface area (TPSA) is 21.8 Å². The van der Waals surface area contributed by atoms with Gasteiger partial charge in [-0.3, -0.25) is 0 Å². The van der Waals surface area contributed by atoms with E-state index in [9.17, 15) is 0 Å². The Hall–Kier alpha value is 0.137. The maximum absolute atomic E-state index is 5.87. The first kappa shape index (κ1) is 10.2. The van der Waals surface area contributed by atoms with E-state index in [1.807, 2.05) is 0 Å². The van der Waals surface area contributed by atoms with Gasteiger partial charge >= 0.3 is 0 Å². The lowest BCUT2D eigenvalue weighted by atomic mass is 10.4. The lowest BCUT2D eigenvalue weighted by Crippen LogP contribution is -2.31. The van der Waals surface area contributed by atoms with Crippen LogP contribution in [0.5, 0.6) is 0 Å². The Morgan fingerprint density at radius 2 is 2.17 bits per heavy atom. The summed E-state index contributed by atoms with van der Waals surface area (Å²) in [4.78, 5) is 0. The minimum Gasteiger partial charge on any atom is -0.415 e. The minimum absolute atomic E-state index is 0.429. The third-order valence-electron chi connectivity index (χ3n) is 2.19. The van der Waals surface area contributed by atoms with Gasteiger partial charge in [0, 0.05) is 0 Å². The number of hydrogen-bond donors (Lipinski definition) is 0. The summed E-state index contributed by atoms with van der Waals surface area (Å²) in [5, 5.41) is 0. The van der Waals surface area contributed by atoms with Crippen molar-refractivity contribution in [2.45, 2.75) is 45.0 Å². The Bertz CT molecular complexity index is 132. The van der Waals surface area contributed by atoms with Gasteiger partial charge in [-0.1, -0.05) is 19.8 Å². The standard InChI is InChI=1S/C9H20O2Si/c1-4-5-6-12(2,3)11-8-9-7-10-9/h9H,4-8H2,1-3H3. The first-order valence-corrected chi connectivity index (χ1v) is 8.01. The van der Waals surface area contributed by atoms with E-state index in [0.29, 0.717) is 6.10 Å². The van der Waals surface area contributed by atoms with Crippen molar-refractivity contribution < 1.29 is 9.16 Å². The van der Waals surface area contributed by atoms with Crippen molar-refractivity contribution in [3.63, 3.8) is 0 Å². The Morgan fingerprint density at radius 3 is 2.67 bits per heavy atom. The summed E-state index contributed by atoms with van der Waals surface area (Å²) in [6.45, 7) is 8.58. The summed E-state index contributed by atoms with van der Waals surface area (Å²) in [6.07, 6.45) is 3.02. The molecule has 3 heteroatoms. The first-order valence-electron chi connectivity index (χ1n) is 4.89.